The topological polar surface area (TPSA) is 12.0 Å². The van der Waals surface area contributed by atoms with Crippen LogP contribution in [0.3, 0.4) is 0 Å². The lowest BCUT2D eigenvalue weighted by Gasteiger charge is -2.26. The number of nitrogens with one attached hydrogen (secondary N) is 1. The standard InChI is InChI=1S/C10H13F4NS/c1-3-15-8(10(13,14)9(11)12)7-6(2)4-5-16-7/h4-5,8-9,15H,3H2,1-2H3. The van der Waals surface area contributed by atoms with Gasteiger partial charge in [-0.3, -0.25) is 0 Å². The van der Waals surface area contributed by atoms with E-state index in [9.17, 15) is 17.6 Å². The maximum absolute atomic E-state index is 13.3. The molecular weight excluding hydrogens is 242 g/mol. The molecule has 1 heterocycles. The zero-order valence-electron chi connectivity index (χ0n) is 8.94. The van der Waals surface area contributed by atoms with Gasteiger partial charge in [0.05, 0.1) is 0 Å². The molecule has 1 aromatic rings. The van der Waals surface area contributed by atoms with Gasteiger partial charge in [0.1, 0.15) is 6.04 Å². The first-order chi connectivity index (χ1) is 7.41. The molecule has 0 aliphatic rings. The fraction of sp³-hybridized carbons (Fsp3) is 0.600. The lowest BCUT2D eigenvalue weighted by molar-refractivity contribution is -0.150. The Morgan fingerprint density at radius 2 is 2.06 bits per heavy atom. The van der Waals surface area contributed by atoms with E-state index >= 15 is 0 Å². The van der Waals surface area contributed by atoms with Crippen LogP contribution in [0.5, 0.6) is 0 Å². The van der Waals surface area contributed by atoms with Crippen molar-refractivity contribution in [1.82, 2.24) is 5.32 Å². The number of hydrogen-bond donors (Lipinski definition) is 1. The first-order valence-corrected chi connectivity index (χ1v) is 5.72. The summed E-state index contributed by atoms with van der Waals surface area (Å²) in [5, 5.41) is 4.05. The van der Waals surface area contributed by atoms with Crippen LogP contribution in [0.1, 0.15) is 23.4 Å². The van der Waals surface area contributed by atoms with Crippen LogP contribution in [0.4, 0.5) is 17.6 Å². The van der Waals surface area contributed by atoms with Gasteiger partial charge in [0.25, 0.3) is 0 Å². The molecule has 92 valence electrons. The molecule has 0 saturated carbocycles. The van der Waals surface area contributed by atoms with Gasteiger partial charge in [-0.2, -0.15) is 8.78 Å². The molecule has 6 heteroatoms. The lowest BCUT2D eigenvalue weighted by atomic mass is 10.1. The zero-order chi connectivity index (χ0) is 12.3. The molecule has 1 rings (SSSR count). The second-order valence-electron chi connectivity index (χ2n) is 3.43. The minimum absolute atomic E-state index is 0.213. The molecule has 1 atom stereocenters. The summed E-state index contributed by atoms with van der Waals surface area (Å²) in [7, 11) is 0. The summed E-state index contributed by atoms with van der Waals surface area (Å²) < 4.78 is 51.3. The van der Waals surface area contributed by atoms with Crippen LogP contribution >= 0.6 is 11.3 Å². The minimum atomic E-state index is -4.05. The maximum atomic E-state index is 13.3. The molecule has 0 spiro atoms. The van der Waals surface area contributed by atoms with Crippen molar-refractivity contribution in [1.29, 1.82) is 0 Å². The van der Waals surface area contributed by atoms with Crippen molar-refractivity contribution in [2.24, 2.45) is 0 Å². The van der Waals surface area contributed by atoms with Gasteiger partial charge in [-0.05, 0) is 30.5 Å². The number of halogens is 4. The first kappa shape index (κ1) is 13.4. The third-order valence-corrected chi connectivity index (χ3v) is 3.33. The van der Waals surface area contributed by atoms with Crippen LogP contribution in [0.15, 0.2) is 11.4 Å². The average Bonchev–Trinajstić information content (AvgIpc) is 2.60. The summed E-state index contributed by atoms with van der Waals surface area (Å²) >= 11 is 1.07. The molecule has 1 nitrogen and oxygen atoms in total. The highest BCUT2D eigenvalue weighted by molar-refractivity contribution is 7.10. The Kier molecular flexibility index (Phi) is 4.32. The Bertz CT molecular complexity index is 337. The minimum Gasteiger partial charge on any atom is -0.304 e. The van der Waals surface area contributed by atoms with Crippen molar-refractivity contribution in [3.05, 3.63) is 21.9 Å². The fourth-order valence-corrected chi connectivity index (χ4v) is 2.46. The molecule has 0 saturated heterocycles. The Labute approximate surface area is 95.5 Å². The highest BCUT2D eigenvalue weighted by Crippen LogP contribution is 2.39. The first-order valence-electron chi connectivity index (χ1n) is 4.84. The van der Waals surface area contributed by atoms with E-state index in [0.717, 1.165) is 11.3 Å². The van der Waals surface area contributed by atoms with E-state index in [1.54, 1.807) is 25.3 Å². The van der Waals surface area contributed by atoms with E-state index in [4.69, 9.17) is 0 Å². The normalized spacial score (nSPS) is 14.4. The van der Waals surface area contributed by atoms with Crippen molar-refractivity contribution in [3.63, 3.8) is 0 Å². The van der Waals surface area contributed by atoms with E-state index in [0.29, 0.717) is 5.56 Å². The third kappa shape index (κ3) is 2.55. The van der Waals surface area contributed by atoms with Crippen LogP contribution in [-0.2, 0) is 0 Å². The summed E-state index contributed by atoms with van der Waals surface area (Å²) in [6.07, 6.45) is -3.67. The molecule has 0 fully saturated rings. The second-order valence-corrected chi connectivity index (χ2v) is 4.38. The SMILES string of the molecule is CCNC(c1sccc1C)C(F)(F)C(F)F. The number of thiophene rings is 1. The fourth-order valence-electron chi connectivity index (χ4n) is 1.41. The smallest absolute Gasteiger partial charge is 0.304 e. The predicted octanol–water partition coefficient (Wildman–Crippen LogP) is 3.61. The van der Waals surface area contributed by atoms with Crippen LogP contribution in [0.2, 0.25) is 0 Å². The van der Waals surface area contributed by atoms with Crippen LogP contribution in [-0.4, -0.2) is 18.9 Å². The summed E-state index contributed by atoms with van der Waals surface area (Å²) in [6, 6.07) is 0.0313. The molecule has 1 unspecified atom stereocenters. The van der Waals surface area contributed by atoms with Gasteiger partial charge >= 0.3 is 12.3 Å². The van der Waals surface area contributed by atoms with Crippen molar-refractivity contribution < 1.29 is 17.6 Å². The van der Waals surface area contributed by atoms with Gasteiger partial charge in [0.15, 0.2) is 0 Å². The number of aryl methyl sites for hydroxylation is 1. The molecule has 0 aromatic carbocycles. The van der Waals surface area contributed by atoms with Crippen LogP contribution in [0.25, 0.3) is 0 Å². The van der Waals surface area contributed by atoms with Gasteiger partial charge in [0, 0.05) is 4.88 Å². The summed E-state index contributed by atoms with van der Waals surface area (Å²) in [5.41, 5.74) is 0.608. The highest BCUT2D eigenvalue weighted by atomic mass is 32.1. The highest BCUT2D eigenvalue weighted by Gasteiger charge is 2.49. The largest absolute Gasteiger partial charge is 0.327 e. The molecule has 0 aliphatic carbocycles. The molecule has 1 N–H and O–H groups in total. The van der Waals surface area contributed by atoms with Gasteiger partial charge in [0.2, 0.25) is 0 Å². The van der Waals surface area contributed by atoms with Crippen molar-refractivity contribution >= 4 is 11.3 Å². The molecule has 1 aromatic heterocycles. The van der Waals surface area contributed by atoms with Gasteiger partial charge in [-0.25, -0.2) is 8.78 Å². The molecule has 0 radical (unpaired) electrons. The molecule has 0 amide bonds. The van der Waals surface area contributed by atoms with E-state index in [1.165, 1.54) is 0 Å². The van der Waals surface area contributed by atoms with Gasteiger partial charge in [-0.15, -0.1) is 11.3 Å². The summed E-state index contributed by atoms with van der Waals surface area (Å²) in [6.45, 7) is 3.46. The van der Waals surface area contributed by atoms with Crippen LogP contribution < -0.4 is 5.32 Å². The Balaban J connectivity index is 3.05. The van der Waals surface area contributed by atoms with E-state index in [-0.39, 0.29) is 11.4 Å². The molecule has 16 heavy (non-hydrogen) atoms. The number of hydrogen-bond acceptors (Lipinski definition) is 2. The lowest BCUT2D eigenvalue weighted by Crippen LogP contribution is -2.42. The van der Waals surface area contributed by atoms with Crippen molar-refractivity contribution in [2.45, 2.75) is 32.2 Å². The maximum Gasteiger partial charge on any atom is 0.327 e. The Hall–Kier alpha value is -0.620. The number of alkyl halides is 4. The van der Waals surface area contributed by atoms with Gasteiger partial charge < -0.3 is 5.32 Å². The summed E-state index contributed by atoms with van der Waals surface area (Å²) in [4.78, 5) is 0.271. The van der Waals surface area contributed by atoms with E-state index < -0.39 is 18.4 Å². The number of rotatable bonds is 5. The summed E-state index contributed by atoms with van der Waals surface area (Å²) in [5.74, 6) is -4.05. The second kappa shape index (κ2) is 5.14. The Morgan fingerprint density at radius 1 is 1.44 bits per heavy atom. The Morgan fingerprint density at radius 3 is 2.44 bits per heavy atom. The van der Waals surface area contributed by atoms with E-state index in [2.05, 4.69) is 5.32 Å². The predicted molar refractivity (Wildman–Crippen MR) is 56.4 cm³/mol. The zero-order valence-corrected chi connectivity index (χ0v) is 9.75. The monoisotopic (exact) mass is 255 g/mol. The van der Waals surface area contributed by atoms with Crippen LogP contribution in [0, 0.1) is 6.92 Å². The molecule has 0 bridgehead atoms. The molecular formula is C10H13F4NS. The van der Waals surface area contributed by atoms with Gasteiger partial charge in [-0.1, -0.05) is 6.92 Å². The van der Waals surface area contributed by atoms with E-state index in [1.807, 2.05) is 0 Å². The average molecular weight is 255 g/mol. The quantitative estimate of drug-likeness (QED) is 0.792. The third-order valence-electron chi connectivity index (χ3n) is 2.25. The van der Waals surface area contributed by atoms with Crippen molar-refractivity contribution in [3.8, 4) is 0 Å². The van der Waals surface area contributed by atoms with Crippen molar-refractivity contribution in [2.75, 3.05) is 6.54 Å². The molecule has 0 aliphatic heterocycles.